The highest BCUT2D eigenvalue weighted by Gasteiger charge is 2.28. The van der Waals surface area contributed by atoms with Gasteiger partial charge in [-0.1, -0.05) is 32.0 Å². The Hall–Kier alpha value is -1.85. The summed E-state index contributed by atoms with van der Waals surface area (Å²) in [5.41, 5.74) is 1.46. The molecular formula is C20H28N2O3. The number of hydrogen-bond donors (Lipinski definition) is 0. The Morgan fingerprint density at radius 3 is 2.64 bits per heavy atom. The van der Waals surface area contributed by atoms with Crippen LogP contribution in [0.5, 0.6) is 0 Å². The van der Waals surface area contributed by atoms with Gasteiger partial charge in [0.2, 0.25) is 0 Å². The summed E-state index contributed by atoms with van der Waals surface area (Å²) >= 11 is 0. The van der Waals surface area contributed by atoms with Crippen molar-refractivity contribution < 1.29 is 13.9 Å². The van der Waals surface area contributed by atoms with E-state index in [1.165, 1.54) is 0 Å². The molecule has 1 saturated heterocycles. The molecule has 0 radical (unpaired) electrons. The predicted octanol–water partition coefficient (Wildman–Crippen LogP) is 3.17. The number of morpholine rings is 1. The summed E-state index contributed by atoms with van der Waals surface area (Å²) in [7, 11) is 1.88. The van der Waals surface area contributed by atoms with E-state index in [0.717, 1.165) is 43.8 Å². The average molecular weight is 344 g/mol. The molecule has 0 saturated carbocycles. The van der Waals surface area contributed by atoms with Gasteiger partial charge < -0.3 is 14.1 Å². The largest absolute Gasteiger partial charge is 0.461 e. The zero-order valence-electron chi connectivity index (χ0n) is 15.7. The molecule has 1 aliphatic heterocycles. The first-order valence-electron chi connectivity index (χ1n) is 8.91. The van der Waals surface area contributed by atoms with Crippen molar-refractivity contribution in [3.8, 4) is 0 Å². The normalized spacial score (nSPS) is 16.3. The molecule has 5 heteroatoms. The number of fused-ring (bicyclic) bond motifs is 1. The quantitative estimate of drug-likeness (QED) is 0.836. The van der Waals surface area contributed by atoms with Crippen LogP contribution in [0.15, 0.2) is 28.7 Å². The molecule has 0 aliphatic carbocycles. The fourth-order valence-corrected chi connectivity index (χ4v) is 3.75. The SMILES string of the molecule is Cc1oc2ccccc2c1C(=O)N(C)CC(C)(C)CN1CCOCC1. The molecule has 1 aliphatic rings. The van der Waals surface area contributed by atoms with E-state index in [2.05, 4.69) is 18.7 Å². The van der Waals surface area contributed by atoms with Gasteiger partial charge in [0.25, 0.3) is 5.91 Å². The summed E-state index contributed by atoms with van der Waals surface area (Å²) in [5.74, 6) is 0.710. The molecule has 2 heterocycles. The number of amides is 1. The molecule has 3 rings (SSSR count). The Bertz CT molecular complexity index is 744. The van der Waals surface area contributed by atoms with Crippen molar-refractivity contribution in [2.45, 2.75) is 20.8 Å². The Kier molecular flexibility index (Phi) is 5.16. The zero-order chi connectivity index (χ0) is 18.0. The zero-order valence-corrected chi connectivity index (χ0v) is 15.7. The van der Waals surface area contributed by atoms with Gasteiger partial charge in [-0.2, -0.15) is 0 Å². The van der Waals surface area contributed by atoms with Gasteiger partial charge in [0.15, 0.2) is 0 Å². The third-order valence-electron chi connectivity index (χ3n) is 4.75. The van der Waals surface area contributed by atoms with E-state index in [0.29, 0.717) is 17.9 Å². The smallest absolute Gasteiger partial charge is 0.257 e. The Labute approximate surface area is 149 Å². The van der Waals surface area contributed by atoms with Crippen LogP contribution in [0.3, 0.4) is 0 Å². The highest BCUT2D eigenvalue weighted by atomic mass is 16.5. The molecule has 1 fully saturated rings. The van der Waals surface area contributed by atoms with E-state index in [-0.39, 0.29) is 11.3 Å². The lowest BCUT2D eigenvalue weighted by molar-refractivity contribution is 0.0163. The Morgan fingerprint density at radius 2 is 1.92 bits per heavy atom. The van der Waals surface area contributed by atoms with Crippen LogP contribution < -0.4 is 0 Å². The van der Waals surface area contributed by atoms with Gasteiger partial charge in [0, 0.05) is 38.6 Å². The third kappa shape index (κ3) is 4.05. The summed E-state index contributed by atoms with van der Waals surface area (Å²) in [5, 5.41) is 0.892. The Balaban J connectivity index is 1.72. The number of ether oxygens (including phenoxy) is 1. The molecule has 136 valence electrons. The number of para-hydroxylation sites is 1. The third-order valence-corrected chi connectivity index (χ3v) is 4.75. The van der Waals surface area contributed by atoms with Crippen molar-refractivity contribution >= 4 is 16.9 Å². The van der Waals surface area contributed by atoms with Crippen LogP contribution in [0.1, 0.15) is 30.0 Å². The number of benzene rings is 1. The summed E-state index contributed by atoms with van der Waals surface area (Å²) in [6.45, 7) is 11.5. The molecule has 1 aromatic carbocycles. The number of nitrogens with zero attached hydrogens (tertiary/aromatic N) is 2. The molecule has 0 N–H and O–H groups in total. The summed E-state index contributed by atoms with van der Waals surface area (Å²) in [4.78, 5) is 17.3. The first kappa shape index (κ1) is 18.0. The van der Waals surface area contributed by atoms with Crippen molar-refractivity contribution in [1.29, 1.82) is 0 Å². The highest BCUT2D eigenvalue weighted by molar-refractivity contribution is 6.07. The molecule has 0 unspecified atom stereocenters. The van der Waals surface area contributed by atoms with Gasteiger partial charge in [-0.05, 0) is 18.4 Å². The minimum absolute atomic E-state index is 0.00912. The second kappa shape index (κ2) is 7.18. The lowest BCUT2D eigenvalue weighted by Gasteiger charge is -2.37. The lowest BCUT2D eigenvalue weighted by Crippen LogP contribution is -2.46. The first-order chi connectivity index (χ1) is 11.9. The number of carbonyl (C=O) groups excluding carboxylic acids is 1. The van der Waals surface area contributed by atoms with E-state index in [4.69, 9.17) is 9.15 Å². The van der Waals surface area contributed by atoms with E-state index in [9.17, 15) is 4.79 Å². The van der Waals surface area contributed by atoms with Gasteiger partial charge in [-0.15, -0.1) is 0 Å². The fourth-order valence-electron chi connectivity index (χ4n) is 3.75. The van der Waals surface area contributed by atoms with E-state index >= 15 is 0 Å². The molecule has 0 spiro atoms. The lowest BCUT2D eigenvalue weighted by atomic mass is 9.91. The van der Waals surface area contributed by atoms with Crippen molar-refractivity contribution in [2.75, 3.05) is 46.4 Å². The molecule has 5 nitrogen and oxygen atoms in total. The van der Waals surface area contributed by atoms with Crippen molar-refractivity contribution in [3.63, 3.8) is 0 Å². The van der Waals surface area contributed by atoms with Gasteiger partial charge >= 0.3 is 0 Å². The maximum atomic E-state index is 13.0. The summed E-state index contributed by atoms with van der Waals surface area (Å²) in [6, 6.07) is 7.72. The van der Waals surface area contributed by atoms with Crippen molar-refractivity contribution in [1.82, 2.24) is 9.80 Å². The van der Waals surface area contributed by atoms with Gasteiger partial charge in [-0.3, -0.25) is 9.69 Å². The van der Waals surface area contributed by atoms with E-state index < -0.39 is 0 Å². The Morgan fingerprint density at radius 1 is 1.24 bits per heavy atom. The van der Waals surface area contributed by atoms with Crippen LogP contribution >= 0.6 is 0 Å². The number of aryl methyl sites for hydroxylation is 1. The molecule has 1 amide bonds. The van der Waals surface area contributed by atoms with Crippen LogP contribution in [0.4, 0.5) is 0 Å². The van der Waals surface area contributed by atoms with Crippen LogP contribution in [-0.4, -0.2) is 62.1 Å². The first-order valence-corrected chi connectivity index (χ1v) is 8.91. The van der Waals surface area contributed by atoms with Gasteiger partial charge in [-0.25, -0.2) is 0 Å². The fraction of sp³-hybridized carbons (Fsp3) is 0.550. The van der Waals surface area contributed by atoms with Crippen molar-refractivity contribution in [3.05, 3.63) is 35.6 Å². The highest BCUT2D eigenvalue weighted by Crippen LogP contribution is 2.27. The number of carbonyl (C=O) groups is 1. The second-order valence-corrected chi connectivity index (χ2v) is 7.74. The predicted molar refractivity (Wildman–Crippen MR) is 99.0 cm³/mol. The minimum atomic E-state index is 0.00912. The standard InChI is InChI=1S/C20H28N2O3/c1-15-18(16-7-5-6-8-17(16)25-15)19(23)21(4)13-20(2,3)14-22-9-11-24-12-10-22/h5-8H,9-14H2,1-4H3. The van der Waals surface area contributed by atoms with Crippen LogP contribution in [0, 0.1) is 12.3 Å². The number of furan rings is 1. The van der Waals surface area contributed by atoms with E-state index in [1.807, 2.05) is 43.1 Å². The number of hydrogen-bond acceptors (Lipinski definition) is 4. The van der Waals surface area contributed by atoms with Crippen LogP contribution in [0.25, 0.3) is 11.0 Å². The topological polar surface area (TPSA) is 45.9 Å². The molecule has 0 bridgehead atoms. The molecule has 1 aromatic heterocycles. The maximum Gasteiger partial charge on any atom is 0.257 e. The van der Waals surface area contributed by atoms with Gasteiger partial charge in [0.1, 0.15) is 11.3 Å². The second-order valence-electron chi connectivity index (χ2n) is 7.74. The summed E-state index contributed by atoms with van der Waals surface area (Å²) < 4.78 is 11.2. The van der Waals surface area contributed by atoms with Gasteiger partial charge in [0.05, 0.1) is 18.8 Å². The monoisotopic (exact) mass is 344 g/mol. The van der Waals surface area contributed by atoms with Crippen molar-refractivity contribution in [2.24, 2.45) is 5.41 Å². The molecule has 25 heavy (non-hydrogen) atoms. The summed E-state index contributed by atoms with van der Waals surface area (Å²) in [6.07, 6.45) is 0. The molecular weight excluding hydrogens is 316 g/mol. The maximum absolute atomic E-state index is 13.0. The van der Waals surface area contributed by atoms with E-state index in [1.54, 1.807) is 0 Å². The molecule has 0 atom stereocenters. The van der Waals surface area contributed by atoms with Crippen LogP contribution in [0.2, 0.25) is 0 Å². The minimum Gasteiger partial charge on any atom is -0.461 e. The number of rotatable bonds is 5. The average Bonchev–Trinajstić information content (AvgIpc) is 2.89. The van der Waals surface area contributed by atoms with Crippen LogP contribution in [-0.2, 0) is 4.74 Å². The molecule has 2 aromatic rings.